The molecular weight excluding hydrogens is 200 g/mol. The van der Waals surface area contributed by atoms with Crippen molar-refractivity contribution in [2.75, 3.05) is 0 Å². The highest BCUT2D eigenvalue weighted by atomic mass is 16.4. The summed E-state index contributed by atoms with van der Waals surface area (Å²) in [5, 5.41) is 22.1. The maximum absolute atomic E-state index is 10.6. The second-order valence-electron chi connectivity index (χ2n) is 4.23. The van der Waals surface area contributed by atoms with Crippen molar-refractivity contribution < 1.29 is 19.8 Å². The second-order valence-corrected chi connectivity index (χ2v) is 4.23. The molecule has 1 rings (SSSR count). The van der Waals surface area contributed by atoms with Crippen molar-refractivity contribution >= 4 is 12.2 Å². The van der Waals surface area contributed by atoms with E-state index in [2.05, 4.69) is 10.6 Å². The predicted octanol–water partition coefficient (Wildman–Crippen LogP) is 1.22. The van der Waals surface area contributed by atoms with E-state index in [-0.39, 0.29) is 6.04 Å². The lowest BCUT2D eigenvalue weighted by molar-refractivity contribution is 0.154. The van der Waals surface area contributed by atoms with Gasteiger partial charge in [0.15, 0.2) is 0 Å². The summed E-state index contributed by atoms with van der Waals surface area (Å²) in [6.45, 7) is 1.80. The monoisotopic (exact) mass is 216 g/mol. The Morgan fingerprint density at radius 2 is 2.00 bits per heavy atom. The molecule has 0 heterocycles. The first-order valence-electron chi connectivity index (χ1n) is 4.92. The summed E-state index contributed by atoms with van der Waals surface area (Å²) in [6.07, 6.45) is 0.723. The summed E-state index contributed by atoms with van der Waals surface area (Å²) < 4.78 is 0. The lowest BCUT2D eigenvalue weighted by Gasteiger charge is -2.37. The molecule has 0 radical (unpaired) electrons. The molecule has 0 unspecified atom stereocenters. The van der Waals surface area contributed by atoms with E-state index in [4.69, 9.17) is 10.2 Å². The second kappa shape index (κ2) is 4.37. The van der Waals surface area contributed by atoms with E-state index in [0.717, 1.165) is 19.3 Å². The number of amides is 2. The third-order valence-electron chi connectivity index (χ3n) is 2.71. The number of carbonyl (C=O) groups is 2. The number of hydrogen-bond acceptors (Lipinski definition) is 2. The Hall–Kier alpha value is -1.46. The van der Waals surface area contributed by atoms with Crippen molar-refractivity contribution in [3.05, 3.63) is 0 Å². The van der Waals surface area contributed by atoms with Crippen molar-refractivity contribution in [3.63, 3.8) is 0 Å². The molecule has 86 valence electrons. The fraction of sp³-hybridized carbons (Fsp3) is 0.778. The molecule has 1 fully saturated rings. The van der Waals surface area contributed by atoms with Gasteiger partial charge in [0.05, 0.1) is 0 Å². The molecule has 0 aliphatic heterocycles. The van der Waals surface area contributed by atoms with Gasteiger partial charge in [0.25, 0.3) is 0 Å². The number of hydrogen-bond donors (Lipinski definition) is 4. The third kappa shape index (κ3) is 3.65. The summed E-state index contributed by atoms with van der Waals surface area (Å²) in [6, 6.07) is -0.159. The van der Waals surface area contributed by atoms with Crippen molar-refractivity contribution in [3.8, 4) is 0 Å². The molecule has 15 heavy (non-hydrogen) atoms. The summed E-state index contributed by atoms with van der Waals surface area (Å²) in [4.78, 5) is 21.0. The van der Waals surface area contributed by atoms with Gasteiger partial charge >= 0.3 is 12.2 Å². The zero-order valence-corrected chi connectivity index (χ0v) is 8.62. The SMILES string of the molecule is C[C@@]1(NC(=O)O)CCC[C@H](NC(=O)O)C1. The van der Waals surface area contributed by atoms with E-state index in [1.807, 2.05) is 0 Å². The first kappa shape index (κ1) is 11.6. The Bertz CT molecular complexity index is 269. The van der Waals surface area contributed by atoms with Gasteiger partial charge in [-0.05, 0) is 32.6 Å². The summed E-state index contributed by atoms with van der Waals surface area (Å²) >= 11 is 0. The van der Waals surface area contributed by atoms with E-state index in [1.165, 1.54) is 0 Å². The van der Waals surface area contributed by atoms with Crippen LogP contribution >= 0.6 is 0 Å². The lowest BCUT2D eigenvalue weighted by Crippen LogP contribution is -2.53. The topological polar surface area (TPSA) is 98.7 Å². The largest absolute Gasteiger partial charge is 0.465 e. The van der Waals surface area contributed by atoms with E-state index >= 15 is 0 Å². The zero-order chi connectivity index (χ0) is 11.5. The van der Waals surface area contributed by atoms with Crippen LogP contribution in [-0.4, -0.2) is 34.0 Å². The maximum atomic E-state index is 10.6. The van der Waals surface area contributed by atoms with Gasteiger partial charge in [0, 0.05) is 11.6 Å². The van der Waals surface area contributed by atoms with E-state index < -0.39 is 17.7 Å². The zero-order valence-electron chi connectivity index (χ0n) is 8.62. The van der Waals surface area contributed by atoms with Crippen LogP contribution < -0.4 is 10.6 Å². The Balaban J connectivity index is 2.54. The van der Waals surface area contributed by atoms with Crippen LogP contribution in [0.4, 0.5) is 9.59 Å². The molecule has 1 aliphatic carbocycles. The molecule has 0 spiro atoms. The van der Waals surface area contributed by atoms with Crippen LogP contribution in [0.1, 0.15) is 32.6 Å². The fourth-order valence-corrected chi connectivity index (χ4v) is 2.16. The van der Waals surface area contributed by atoms with Crippen LogP contribution in [-0.2, 0) is 0 Å². The first-order chi connectivity index (χ1) is 6.91. The van der Waals surface area contributed by atoms with Crippen molar-refractivity contribution in [1.29, 1.82) is 0 Å². The van der Waals surface area contributed by atoms with Crippen LogP contribution in [0.2, 0.25) is 0 Å². The Kier molecular flexibility index (Phi) is 3.39. The van der Waals surface area contributed by atoms with Crippen molar-refractivity contribution in [2.45, 2.75) is 44.2 Å². The molecule has 4 N–H and O–H groups in total. The predicted molar refractivity (Wildman–Crippen MR) is 53.0 cm³/mol. The minimum Gasteiger partial charge on any atom is -0.465 e. The third-order valence-corrected chi connectivity index (χ3v) is 2.71. The van der Waals surface area contributed by atoms with E-state index in [9.17, 15) is 9.59 Å². The highest BCUT2D eigenvalue weighted by Crippen LogP contribution is 2.27. The number of nitrogens with one attached hydrogen (secondary N) is 2. The van der Waals surface area contributed by atoms with Crippen LogP contribution in [0.5, 0.6) is 0 Å². The van der Waals surface area contributed by atoms with E-state index in [0.29, 0.717) is 6.42 Å². The van der Waals surface area contributed by atoms with Gasteiger partial charge in [0.1, 0.15) is 0 Å². The molecular formula is C9H16N2O4. The van der Waals surface area contributed by atoms with Gasteiger partial charge < -0.3 is 20.8 Å². The summed E-state index contributed by atoms with van der Waals surface area (Å²) in [7, 11) is 0. The van der Waals surface area contributed by atoms with Gasteiger partial charge in [0.2, 0.25) is 0 Å². The van der Waals surface area contributed by atoms with E-state index in [1.54, 1.807) is 6.92 Å². The summed E-state index contributed by atoms with van der Waals surface area (Å²) in [5.41, 5.74) is -0.517. The molecule has 0 saturated heterocycles. The number of carboxylic acid groups (broad SMARTS) is 2. The van der Waals surface area contributed by atoms with Crippen molar-refractivity contribution in [2.24, 2.45) is 0 Å². The molecule has 0 bridgehead atoms. The van der Waals surface area contributed by atoms with Gasteiger partial charge in [-0.15, -0.1) is 0 Å². The highest BCUT2D eigenvalue weighted by Gasteiger charge is 2.34. The lowest BCUT2D eigenvalue weighted by atomic mass is 9.80. The van der Waals surface area contributed by atoms with Gasteiger partial charge in [-0.3, -0.25) is 0 Å². The molecule has 1 saturated carbocycles. The Labute approximate surface area is 87.7 Å². The fourth-order valence-electron chi connectivity index (χ4n) is 2.16. The van der Waals surface area contributed by atoms with Gasteiger partial charge in [-0.25, -0.2) is 9.59 Å². The normalized spacial score (nSPS) is 30.6. The van der Waals surface area contributed by atoms with Crippen molar-refractivity contribution in [1.82, 2.24) is 10.6 Å². The minimum absolute atomic E-state index is 0.159. The molecule has 0 aromatic rings. The van der Waals surface area contributed by atoms with Crippen LogP contribution in [0.25, 0.3) is 0 Å². The Morgan fingerprint density at radius 3 is 2.53 bits per heavy atom. The molecule has 0 aromatic heterocycles. The minimum atomic E-state index is -1.06. The molecule has 2 atom stereocenters. The molecule has 6 nitrogen and oxygen atoms in total. The molecule has 6 heteroatoms. The van der Waals surface area contributed by atoms with Crippen LogP contribution in [0.3, 0.4) is 0 Å². The van der Waals surface area contributed by atoms with Crippen LogP contribution in [0.15, 0.2) is 0 Å². The molecule has 1 aliphatic rings. The quantitative estimate of drug-likeness (QED) is 0.557. The standard InChI is InChI=1S/C9H16N2O4/c1-9(11-8(14)15)4-2-3-6(5-9)10-7(12)13/h6,10-11H,2-5H2,1H3,(H,12,13)(H,14,15)/t6-,9+/m0/s1. The highest BCUT2D eigenvalue weighted by molar-refractivity contribution is 5.66. The Morgan fingerprint density at radius 1 is 1.33 bits per heavy atom. The smallest absolute Gasteiger partial charge is 0.405 e. The van der Waals surface area contributed by atoms with Gasteiger partial charge in [-0.2, -0.15) is 0 Å². The molecule has 0 aromatic carbocycles. The average Bonchev–Trinajstić information content (AvgIpc) is 1.99. The average molecular weight is 216 g/mol. The maximum Gasteiger partial charge on any atom is 0.405 e. The molecule has 2 amide bonds. The summed E-state index contributed by atoms with van der Waals surface area (Å²) in [5.74, 6) is 0. The first-order valence-corrected chi connectivity index (χ1v) is 4.92. The van der Waals surface area contributed by atoms with Gasteiger partial charge in [-0.1, -0.05) is 0 Å². The number of rotatable bonds is 2. The van der Waals surface area contributed by atoms with Crippen LogP contribution in [0, 0.1) is 0 Å².